The maximum absolute atomic E-state index is 15.0. The first-order valence-corrected chi connectivity index (χ1v) is 14.4. The number of hydrogen-bond donors (Lipinski definition) is 1. The van der Waals surface area contributed by atoms with Gasteiger partial charge in [0.05, 0.1) is 24.9 Å². The quantitative estimate of drug-likeness (QED) is 0.198. The zero-order valence-electron chi connectivity index (χ0n) is 23.2. The van der Waals surface area contributed by atoms with E-state index in [1.807, 2.05) is 4.72 Å². The lowest BCUT2D eigenvalue weighted by atomic mass is 10.1. The van der Waals surface area contributed by atoms with Gasteiger partial charge in [-0.3, -0.25) is 14.6 Å². The summed E-state index contributed by atoms with van der Waals surface area (Å²) in [5.74, 6) is -2.55. The highest BCUT2D eigenvalue weighted by molar-refractivity contribution is 7.92. The van der Waals surface area contributed by atoms with Gasteiger partial charge < -0.3 is 18.9 Å². The Kier molecular flexibility index (Phi) is 10.1. The summed E-state index contributed by atoms with van der Waals surface area (Å²) in [5, 5.41) is 0.510. The van der Waals surface area contributed by atoms with Gasteiger partial charge in [0.25, 0.3) is 10.0 Å². The number of halogens is 3. The monoisotopic (exact) mass is 605 g/mol. The Labute approximate surface area is 241 Å². The second-order valence-corrected chi connectivity index (χ2v) is 10.6. The standard InChI is InChI=1S/C29H30F3N3O6S/c1-4-35(12-14-38-2)13-15-40-28-18-24-20(17-27(28)39-3)25(10-11-33-24)41-26-9-8-19(16-23(26)32)34-42(36,37)29-21(30)6-5-7-22(29)31/h5-11,16-18,34H,4,12-15H2,1-3H3. The number of pyridine rings is 1. The second kappa shape index (κ2) is 13.7. The highest BCUT2D eigenvalue weighted by Crippen LogP contribution is 2.38. The van der Waals surface area contributed by atoms with Crippen molar-refractivity contribution in [1.29, 1.82) is 0 Å². The summed E-state index contributed by atoms with van der Waals surface area (Å²) in [6.07, 6.45) is 1.49. The maximum atomic E-state index is 15.0. The summed E-state index contributed by atoms with van der Waals surface area (Å²) >= 11 is 0. The zero-order valence-corrected chi connectivity index (χ0v) is 24.0. The number of ether oxygens (including phenoxy) is 4. The molecule has 0 fully saturated rings. The van der Waals surface area contributed by atoms with Crippen LogP contribution in [0.3, 0.4) is 0 Å². The first-order chi connectivity index (χ1) is 20.2. The molecule has 224 valence electrons. The molecule has 0 saturated heterocycles. The Bertz CT molecular complexity index is 1640. The number of fused-ring (bicyclic) bond motifs is 1. The van der Waals surface area contributed by atoms with Crippen molar-refractivity contribution in [3.8, 4) is 23.0 Å². The molecule has 3 aromatic carbocycles. The minimum absolute atomic E-state index is 0.225. The van der Waals surface area contributed by atoms with Crippen molar-refractivity contribution in [3.05, 3.63) is 78.2 Å². The molecule has 0 amide bonds. The zero-order chi connectivity index (χ0) is 30.3. The molecule has 0 aliphatic rings. The van der Waals surface area contributed by atoms with Crippen LogP contribution in [-0.4, -0.2) is 65.4 Å². The molecule has 0 aliphatic heterocycles. The summed E-state index contributed by atoms with van der Waals surface area (Å²) < 4.78 is 92.5. The van der Waals surface area contributed by atoms with Gasteiger partial charge in [-0.05, 0) is 42.9 Å². The Morgan fingerprint density at radius 3 is 2.26 bits per heavy atom. The number of benzene rings is 3. The van der Waals surface area contributed by atoms with Crippen LogP contribution in [0.2, 0.25) is 0 Å². The van der Waals surface area contributed by atoms with E-state index in [9.17, 15) is 17.2 Å². The molecule has 9 nitrogen and oxygen atoms in total. The van der Waals surface area contributed by atoms with Crippen molar-refractivity contribution in [2.45, 2.75) is 11.8 Å². The normalized spacial score (nSPS) is 11.6. The van der Waals surface area contributed by atoms with Crippen molar-refractivity contribution in [2.24, 2.45) is 0 Å². The van der Waals surface area contributed by atoms with Crippen molar-refractivity contribution in [1.82, 2.24) is 9.88 Å². The molecular weight excluding hydrogens is 575 g/mol. The summed E-state index contributed by atoms with van der Waals surface area (Å²) in [4.78, 5) is 5.38. The summed E-state index contributed by atoms with van der Waals surface area (Å²) in [6, 6.07) is 10.8. The van der Waals surface area contributed by atoms with Crippen molar-refractivity contribution >= 4 is 26.6 Å². The van der Waals surface area contributed by atoms with Gasteiger partial charge in [0.1, 0.15) is 24.0 Å². The number of hydrogen-bond acceptors (Lipinski definition) is 8. The Morgan fingerprint density at radius 2 is 1.60 bits per heavy atom. The SMILES string of the molecule is CCN(CCOC)CCOc1cc2nccc(Oc3ccc(NS(=O)(=O)c4c(F)cccc4F)cc3F)c2cc1OC. The third kappa shape index (κ3) is 7.22. The van der Waals surface area contributed by atoms with Gasteiger partial charge in [-0.1, -0.05) is 13.0 Å². The van der Waals surface area contributed by atoms with Crippen molar-refractivity contribution in [3.63, 3.8) is 0 Å². The highest BCUT2D eigenvalue weighted by atomic mass is 32.2. The third-order valence-corrected chi connectivity index (χ3v) is 7.73. The van der Waals surface area contributed by atoms with Crippen LogP contribution in [0.5, 0.6) is 23.0 Å². The molecule has 4 rings (SSSR count). The lowest BCUT2D eigenvalue weighted by Crippen LogP contribution is -2.31. The number of nitrogens with one attached hydrogen (secondary N) is 1. The molecule has 0 bridgehead atoms. The minimum Gasteiger partial charge on any atom is -0.493 e. The molecule has 4 aromatic rings. The smallest absolute Gasteiger partial charge is 0.267 e. The van der Waals surface area contributed by atoms with Crippen LogP contribution < -0.4 is 18.9 Å². The first-order valence-electron chi connectivity index (χ1n) is 12.9. The van der Waals surface area contributed by atoms with E-state index in [4.69, 9.17) is 18.9 Å². The van der Waals surface area contributed by atoms with Crippen LogP contribution in [0.4, 0.5) is 18.9 Å². The Balaban J connectivity index is 1.53. The molecule has 1 N–H and O–H groups in total. The number of methoxy groups -OCH3 is 2. The summed E-state index contributed by atoms with van der Waals surface area (Å²) in [5.41, 5.74) is 0.251. The van der Waals surface area contributed by atoms with E-state index in [0.717, 1.165) is 37.4 Å². The maximum Gasteiger partial charge on any atom is 0.267 e. The van der Waals surface area contributed by atoms with E-state index in [1.54, 1.807) is 19.2 Å². The average molecular weight is 606 g/mol. The molecule has 1 aromatic heterocycles. The molecule has 13 heteroatoms. The topological polar surface area (TPSA) is 99.2 Å². The number of anilines is 1. The third-order valence-electron chi connectivity index (χ3n) is 6.30. The lowest BCUT2D eigenvalue weighted by molar-refractivity contribution is 0.138. The van der Waals surface area contributed by atoms with Gasteiger partial charge in [-0.25, -0.2) is 21.6 Å². The van der Waals surface area contributed by atoms with Gasteiger partial charge in [-0.15, -0.1) is 0 Å². The predicted molar refractivity (Wildman–Crippen MR) is 151 cm³/mol. The van der Waals surface area contributed by atoms with Crippen molar-refractivity contribution in [2.75, 3.05) is 51.8 Å². The fraction of sp³-hybridized carbons (Fsp3) is 0.276. The van der Waals surface area contributed by atoms with Gasteiger partial charge in [-0.2, -0.15) is 0 Å². The van der Waals surface area contributed by atoms with Crippen LogP contribution in [0, 0.1) is 17.5 Å². The van der Waals surface area contributed by atoms with E-state index in [-0.39, 0.29) is 17.2 Å². The van der Waals surface area contributed by atoms with E-state index in [2.05, 4.69) is 16.8 Å². The fourth-order valence-electron chi connectivity index (χ4n) is 4.13. The number of likely N-dealkylation sites (N-methyl/N-ethyl adjacent to an activating group) is 1. The van der Waals surface area contributed by atoms with Gasteiger partial charge in [0.15, 0.2) is 28.0 Å². The van der Waals surface area contributed by atoms with Crippen LogP contribution in [0.1, 0.15) is 6.92 Å². The van der Waals surface area contributed by atoms with E-state index in [0.29, 0.717) is 42.2 Å². The highest BCUT2D eigenvalue weighted by Gasteiger charge is 2.24. The number of nitrogens with zero attached hydrogens (tertiary/aromatic N) is 2. The fourth-order valence-corrected chi connectivity index (χ4v) is 5.32. The van der Waals surface area contributed by atoms with Crippen molar-refractivity contribution < 1.29 is 40.5 Å². The van der Waals surface area contributed by atoms with Crippen LogP contribution >= 0.6 is 0 Å². The van der Waals surface area contributed by atoms with E-state index in [1.165, 1.54) is 31.5 Å². The number of sulfonamides is 1. The van der Waals surface area contributed by atoms with Gasteiger partial charge in [0.2, 0.25) is 0 Å². The molecule has 0 spiro atoms. The van der Waals surface area contributed by atoms with Gasteiger partial charge >= 0.3 is 0 Å². The van der Waals surface area contributed by atoms with Crippen LogP contribution in [-0.2, 0) is 14.8 Å². The predicted octanol–water partition coefficient (Wildman–Crippen LogP) is 5.60. The number of aromatic nitrogens is 1. The first kappa shape index (κ1) is 30.9. The Hall–Kier alpha value is -4.07. The lowest BCUT2D eigenvalue weighted by Gasteiger charge is -2.20. The largest absolute Gasteiger partial charge is 0.493 e. The number of rotatable bonds is 14. The summed E-state index contributed by atoms with van der Waals surface area (Å²) in [7, 11) is -1.52. The molecule has 0 atom stereocenters. The van der Waals surface area contributed by atoms with E-state index >= 15 is 4.39 Å². The van der Waals surface area contributed by atoms with Crippen LogP contribution in [0.15, 0.2) is 65.7 Å². The molecule has 0 saturated carbocycles. The Morgan fingerprint density at radius 1 is 0.857 bits per heavy atom. The molecular formula is C29H30F3N3O6S. The van der Waals surface area contributed by atoms with Crippen LogP contribution in [0.25, 0.3) is 10.9 Å². The molecule has 0 aliphatic carbocycles. The molecule has 1 heterocycles. The van der Waals surface area contributed by atoms with Gasteiger partial charge in [0, 0.05) is 43.9 Å². The van der Waals surface area contributed by atoms with E-state index < -0.39 is 32.4 Å². The summed E-state index contributed by atoms with van der Waals surface area (Å²) in [6.45, 7) is 5.38. The minimum atomic E-state index is -4.67. The molecule has 0 unspecified atom stereocenters. The molecule has 0 radical (unpaired) electrons. The second-order valence-electron chi connectivity index (χ2n) is 9.01. The average Bonchev–Trinajstić information content (AvgIpc) is 2.95. The molecule has 42 heavy (non-hydrogen) atoms.